The van der Waals surface area contributed by atoms with Crippen molar-refractivity contribution in [3.63, 3.8) is 0 Å². The van der Waals surface area contributed by atoms with Crippen LogP contribution in [0.4, 0.5) is 10.5 Å². The van der Waals surface area contributed by atoms with Crippen LogP contribution in [0.1, 0.15) is 67.4 Å². The average molecular weight is 387 g/mol. The van der Waals surface area contributed by atoms with E-state index in [2.05, 4.69) is 65.1 Å². The highest BCUT2D eigenvalue weighted by Crippen LogP contribution is 2.51. The summed E-state index contributed by atoms with van der Waals surface area (Å²) in [5.74, 6) is -0.247. The Kier molecular flexibility index (Phi) is 5.80. The first-order chi connectivity index (χ1) is 12.7. The van der Waals surface area contributed by atoms with Gasteiger partial charge >= 0.3 is 6.09 Å². The van der Waals surface area contributed by atoms with E-state index in [9.17, 15) is 9.59 Å². The Hall–Kier alpha value is -2.17. The van der Waals surface area contributed by atoms with Crippen LogP contribution in [0.2, 0.25) is 0 Å². The molecule has 0 bridgehead atoms. The maximum absolute atomic E-state index is 13.4. The number of para-hydroxylation sites is 1. The Morgan fingerprint density at radius 3 is 2.18 bits per heavy atom. The second-order valence-corrected chi connectivity index (χ2v) is 10.2. The molecule has 1 aromatic rings. The zero-order chi connectivity index (χ0) is 21.5. The molecule has 0 fully saturated rings. The van der Waals surface area contributed by atoms with Crippen molar-refractivity contribution < 1.29 is 14.3 Å². The van der Waals surface area contributed by atoms with Crippen molar-refractivity contribution in [1.82, 2.24) is 0 Å². The third-order valence-electron chi connectivity index (χ3n) is 6.14. The number of methoxy groups -OCH3 is 1. The molecular formula is C23H34N2O3. The lowest BCUT2D eigenvalue weighted by Crippen LogP contribution is -2.54. The van der Waals surface area contributed by atoms with Gasteiger partial charge in [0.05, 0.1) is 12.8 Å². The molecule has 2 atom stereocenters. The Morgan fingerprint density at radius 2 is 1.68 bits per heavy atom. The molecular weight excluding hydrogens is 352 g/mol. The number of benzene rings is 1. The summed E-state index contributed by atoms with van der Waals surface area (Å²) in [4.78, 5) is 30.9. The summed E-state index contributed by atoms with van der Waals surface area (Å²) in [5, 5.41) is 0. The molecule has 0 aliphatic carbocycles. The number of anilines is 1. The minimum Gasteiger partial charge on any atom is -0.451 e. The van der Waals surface area contributed by atoms with Gasteiger partial charge in [-0.1, -0.05) is 66.7 Å². The summed E-state index contributed by atoms with van der Waals surface area (Å²) in [6, 6.07) is 7.42. The van der Waals surface area contributed by atoms with Crippen LogP contribution < -0.4 is 4.90 Å². The monoisotopic (exact) mass is 386 g/mol. The molecule has 0 N–H and O–H groups in total. The molecule has 5 nitrogen and oxygen atoms in total. The van der Waals surface area contributed by atoms with Crippen LogP contribution in [0.3, 0.4) is 0 Å². The number of ether oxygens (including phenoxy) is 1. The highest BCUT2D eigenvalue weighted by atomic mass is 16.5. The number of carbonyl (C=O) groups is 2. The Balaban J connectivity index is 2.61. The second kappa shape index (κ2) is 7.34. The van der Waals surface area contributed by atoms with E-state index in [0.29, 0.717) is 5.56 Å². The third-order valence-corrected chi connectivity index (χ3v) is 6.14. The number of carbonyl (C=O) groups excluding carboxylic acids is 2. The summed E-state index contributed by atoms with van der Waals surface area (Å²) in [6.45, 7) is 17.7. The standard InChI is InChI=1S/C23H34N2O3/c1-15(23(8,22(5,6)7)14-21(2,3)4)25-17-13-11-10-12-16(17)18(19(25)26)24-20(27)28-9/h10-13,15H,14H2,1-9H3/b24-18+. The van der Waals surface area contributed by atoms with E-state index in [1.165, 1.54) is 7.11 Å². The van der Waals surface area contributed by atoms with Gasteiger partial charge in [0.1, 0.15) is 5.71 Å². The fraction of sp³-hybridized carbons (Fsp3) is 0.609. The predicted molar refractivity (Wildman–Crippen MR) is 114 cm³/mol. The lowest BCUT2D eigenvalue weighted by atomic mass is 9.58. The third kappa shape index (κ3) is 3.98. The van der Waals surface area contributed by atoms with Crippen LogP contribution in [-0.4, -0.2) is 30.9 Å². The molecule has 0 spiro atoms. The molecule has 28 heavy (non-hydrogen) atoms. The summed E-state index contributed by atoms with van der Waals surface area (Å²) in [5.41, 5.74) is 1.51. The predicted octanol–water partition coefficient (Wildman–Crippen LogP) is 5.47. The minimum absolute atomic E-state index is 0.0445. The van der Waals surface area contributed by atoms with Gasteiger partial charge in [-0.3, -0.25) is 4.79 Å². The molecule has 2 unspecified atom stereocenters. The number of hydrogen-bond donors (Lipinski definition) is 0. The van der Waals surface area contributed by atoms with Crippen LogP contribution >= 0.6 is 0 Å². The topological polar surface area (TPSA) is 59.0 Å². The lowest BCUT2D eigenvalue weighted by Gasteiger charge is -2.52. The maximum atomic E-state index is 13.4. The van der Waals surface area contributed by atoms with Crippen LogP contribution in [0, 0.1) is 16.2 Å². The van der Waals surface area contributed by atoms with Crippen molar-refractivity contribution in [2.45, 2.75) is 67.9 Å². The molecule has 0 radical (unpaired) electrons. The van der Waals surface area contributed by atoms with Gasteiger partial charge in [0.15, 0.2) is 0 Å². The normalized spacial score (nSPS) is 19.4. The number of nitrogens with zero attached hydrogens (tertiary/aromatic N) is 2. The molecule has 5 heteroatoms. The SMILES string of the molecule is COC(=O)/N=C1/C(=O)N(C(C)C(C)(CC(C)(C)C)C(C)(C)C)c2ccccc21. The number of hydrogen-bond acceptors (Lipinski definition) is 3. The Bertz CT molecular complexity index is 799. The van der Waals surface area contributed by atoms with Gasteiger partial charge in [-0.2, -0.15) is 4.99 Å². The van der Waals surface area contributed by atoms with Crippen LogP contribution in [0.25, 0.3) is 0 Å². The molecule has 1 aliphatic heterocycles. The van der Waals surface area contributed by atoms with E-state index in [1.807, 2.05) is 29.2 Å². The summed E-state index contributed by atoms with van der Waals surface area (Å²) in [6.07, 6.45) is 0.182. The molecule has 0 aromatic heterocycles. The first-order valence-electron chi connectivity index (χ1n) is 9.82. The Morgan fingerprint density at radius 1 is 1.11 bits per heavy atom. The molecule has 1 heterocycles. The van der Waals surface area contributed by atoms with E-state index in [4.69, 9.17) is 0 Å². The van der Waals surface area contributed by atoms with Crippen molar-refractivity contribution in [3.05, 3.63) is 29.8 Å². The first-order valence-corrected chi connectivity index (χ1v) is 9.82. The van der Waals surface area contributed by atoms with Gasteiger partial charge in [0.2, 0.25) is 0 Å². The van der Waals surface area contributed by atoms with Gasteiger partial charge in [-0.15, -0.1) is 0 Å². The first kappa shape index (κ1) is 22.1. The van der Waals surface area contributed by atoms with E-state index in [1.54, 1.807) is 0 Å². The Labute approximate surface area is 169 Å². The number of rotatable bonds is 3. The number of fused-ring (bicyclic) bond motifs is 1. The highest BCUT2D eigenvalue weighted by Gasteiger charge is 2.50. The number of amides is 2. The van der Waals surface area contributed by atoms with Gasteiger partial charge in [-0.05, 0) is 35.7 Å². The quantitative estimate of drug-likeness (QED) is 0.692. The molecule has 2 amide bonds. The van der Waals surface area contributed by atoms with Crippen molar-refractivity contribution in [1.29, 1.82) is 0 Å². The second-order valence-electron chi connectivity index (χ2n) is 10.2. The van der Waals surface area contributed by atoms with Crippen LogP contribution in [0.15, 0.2) is 29.3 Å². The lowest BCUT2D eigenvalue weighted by molar-refractivity contribution is -0.113. The van der Waals surface area contributed by atoms with E-state index >= 15 is 0 Å². The van der Waals surface area contributed by atoms with Crippen molar-refractivity contribution in [2.24, 2.45) is 21.2 Å². The molecule has 2 rings (SSSR count). The molecule has 0 saturated heterocycles. The van der Waals surface area contributed by atoms with Crippen molar-refractivity contribution in [2.75, 3.05) is 12.0 Å². The highest BCUT2D eigenvalue weighted by molar-refractivity contribution is 6.55. The zero-order valence-electron chi connectivity index (χ0n) is 18.7. The largest absolute Gasteiger partial charge is 0.451 e. The van der Waals surface area contributed by atoms with E-state index < -0.39 is 6.09 Å². The zero-order valence-corrected chi connectivity index (χ0v) is 18.7. The molecule has 1 aromatic carbocycles. The molecule has 0 saturated carbocycles. The van der Waals surface area contributed by atoms with Crippen molar-refractivity contribution >= 4 is 23.4 Å². The van der Waals surface area contributed by atoms with Gasteiger partial charge in [0, 0.05) is 11.6 Å². The van der Waals surface area contributed by atoms with E-state index in [-0.39, 0.29) is 33.9 Å². The fourth-order valence-electron chi connectivity index (χ4n) is 4.28. The van der Waals surface area contributed by atoms with Gasteiger partial charge in [-0.25, -0.2) is 4.79 Å². The van der Waals surface area contributed by atoms with Gasteiger partial charge in [0.25, 0.3) is 5.91 Å². The molecule has 1 aliphatic rings. The maximum Gasteiger partial charge on any atom is 0.434 e. The fourth-order valence-corrected chi connectivity index (χ4v) is 4.28. The summed E-state index contributed by atoms with van der Waals surface area (Å²) < 4.78 is 4.66. The van der Waals surface area contributed by atoms with Gasteiger partial charge < -0.3 is 9.64 Å². The molecule has 154 valence electrons. The average Bonchev–Trinajstić information content (AvgIpc) is 2.83. The smallest absolute Gasteiger partial charge is 0.434 e. The number of aliphatic imine (C=N–C) groups is 1. The summed E-state index contributed by atoms with van der Waals surface area (Å²) in [7, 11) is 1.26. The van der Waals surface area contributed by atoms with Crippen molar-refractivity contribution in [3.8, 4) is 0 Å². The summed E-state index contributed by atoms with van der Waals surface area (Å²) >= 11 is 0. The van der Waals surface area contributed by atoms with Crippen LogP contribution in [-0.2, 0) is 9.53 Å². The minimum atomic E-state index is -0.763. The van der Waals surface area contributed by atoms with E-state index in [0.717, 1.165) is 12.1 Å². The van der Waals surface area contributed by atoms with Crippen LogP contribution in [0.5, 0.6) is 0 Å².